The van der Waals surface area contributed by atoms with E-state index in [1.807, 2.05) is 28.8 Å². The average molecular weight is 437 g/mol. The van der Waals surface area contributed by atoms with Crippen LogP contribution in [0.5, 0.6) is 0 Å². The number of thiophene rings is 1. The average Bonchev–Trinajstić information content (AvgIpc) is 3.25. The van der Waals surface area contributed by atoms with Crippen molar-refractivity contribution >= 4 is 33.0 Å². The number of halogens is 1. The van der Waals surface area contributed by atoms with Gasteiger partial charge in [0.2, 0.25) is 10.0 Å². The molecular weight excluding hydrogens is 416 g/mol. The van der Waals surface area contributed by atoms with Crippen LogP contribution in [-0.2, 0) is 22.0 Å². The topological polar surface area (TPSA) is 76.9 Å². The van der Waals surface area contributed by atoms with Gasteiger partial charge in [-0.2, -0.15) is 0 Å². The van der Waals surface area contributed by atoms with Crippen LogP contribution in [0.3, 0.4) is 0 Å². The van der Waals surface area contributed by atoms with E-state index in [2.05, 4.69) is 32.4 Å². The lowest BCUT2D eigenvalue weighted by Crippen LogP contribution is -2.38. The molecule has 0 unspecified atom stereocenters. The summed E-state index contributed by atoms with van der Waals surface area (Å²) in [5, 5.41) is 11.7. The Kier molecular flexibility index (Phi) is 5.30. The number of sulfonamides is 1. The molecule has 1 aromatic carbocycles. The van der Waals surface area contributed by atoms with Crippen LogP contribution in [0.1, 0.15) is 30.0 Å². The molecule has 1 saturated carbocycles. The molecule has 1 fully saturated rings. The molecule has 0 radical (unpaired) electrons. The van der Waals surface area contributed by atoms with Gasteiger partial charge >= 0.3 is 0 Å². The summed E-state index contributed by atoms with van der Waals surface area (Å²) in [4.78, 5) is 1.27. The molecule has 148 valence electrons. The van der Waals surface area contributed by atoms with Crippen LogP contribution in [-0.4, -0.2) is 36.0 Å². The number of hydrogen-bond acceptors (Lipinski definition) is 5. The van der Waals surface area contributed by atoms with Crippen molar-refractivity contribution in [2.75, 3.05) is 12.8 Å². The normalized spacial score (nSPS) is 16.1. The molecule has 0 amide bonds. The quantitative estimate of drug-likeness (QED) is 0.612. The van der Waals surface area contributed by atoms with Crippen molar-refractivity contribution in [2.45, 2.75) is 31.2 Å². The monoisotopic (exact) mass is 436 g/mol. The van der Waals surface area contributed by atoms with Gasteiger partial charge in [-0.3, -0.25) is 0 Å². The minimum Gasteiger partial charge on any atom is -0.309 e. The molecule has 9 heteroatoms. The summed E-state index contributed by atoms with van der Waals surface area (Å²) in [5.41, 5.74) is 0.633. The molecule has 1 aliphatic rings. The van der Waals surface area contributed by atoms with Gasteiger partial charge in [0, 0.05) is 23.5 Å². The molecule has 2 heterocycles. The summed E-state index contributed by atoms with van der Waals surface area (Å²) >= 11 is 8.14. The summed E-state index contributed by atoms with van der Waals surface area (Å²) in [6, 6.07) is 11.7. The van der Waals surface area contributed by atoms with Crippen molar-refractivity contribution in [1.82, 2.24) is 19.5 Å². The zero-order valence-corrected chi connectivity index (χ0v) is 17.8. The van der Waals surface area contributed by atoms with Crippen LogP contribution in [0.25, 0.3) is 11.4 Å². The fourth-order valence-corrected chi connectivity index (χ4v) is 5.38. The van der Waals surface area contributed by atoms with E-state index >= 15 is 0 Å². The van der Waals surface area contributed by atoms with Gasteiger partial charge in [-0.15, -0.1) is 21.5 Å². The molecular formula is C19H21ClN4O2S2. The lowest BCUT2D eigenvalue weighted by molar-refractivity contribution is 0.280. The molecule has 2 aromatic heterocycles. The molecule has 4 rings (SSSR count). The van der Waals surface area contributed by atoms with E-state index in [0.717, 1.165) is 36.9 Å². The molecule has 1 aliphatic carbocycles. The smallest absolute Gasteiger partial charge is 0.208 e. The maximum absolute atomic E-state index is 11.5. The van der Waals surface area contributed by atoms with Crippen LogP contribution in [0.15, 0.2) is 41.8 Å². The predicted octanol–water partition coefficient (Wildman–Crippen LogP) is 3.68. The molecule has 0 aliphatic heterocycles. The molecule has 0 spiro atoms. The number of nitrogens with one attached hydrogen (secondary N) is 1. The molecule has 6 nitrogen and oxygen atoms in total. The van der Waals surface area contributed by atoms with Gasteiger partial charge in [0.25, 0.3) is 0 Å². The summed E-state index contributed by atoms with van der Waals surface area (Å²) in [6.45, 7) is 0.699. The van der Waals surface area contributed by atoms with Crippen molar-refractivity contribution in [3.05, 3.63) is 57.5 Å². The van der Waals surface area contributed by atoms with E-state index in [-0.39, 0.29) is 12.0 Å². The summed E-state index contributed by atoms with van der Waals surface area (Å²) < 4.78 is 27.7. The first-order valence-corrected chi connectivity index (χ1v) is 12.2. The third-order valence-corrected chi connectivity index (χ3v) is 7.33. The van der Waals surface area contributed by atoms with Crippen LogP contribution in [0.4, 0.5) is 0 Å². The first kappa shape index (κ1) is 19.6. The van der Waals surface area contributed by atoms with Gasteiger partial charge in [0.15, 0.2) is 5.82 Å². The Morgan fingerprint density at radius 1 is 1.21 bits per heavy atom. The summed E-state index contributed by atoms with van der Waals surface area (Å²) in [5.74, 6) is 1.55. The predicted molar refractivity (Wildman–Crippen MR) is 112 cm³/mol. The number of benzene rings is 1. The lowest BCUT2D eigenvalue weighted by Gasteiger charge is -2.40. The highest BCUT2D eigenvalue weighted by Crippen LogP contribution is 2.50. The Morgan fingerprint density at radius 2 is 2.00 bits per heavy atom. The van der Waals surface area contributed by atoms with E-state index in [1.165, 1.54) is 4.88 Å². The minimum atomic E-state index is -3.27. The van der Waals surface area contributed by atoms with Gasteiger partial charge < -0.3 is 4.57 Å². The van der Waals surface area contributed by atoms with Gasteiger partial charge in [0.1, 0.15) is 5.82 Å². The molecule has 1 N–H and O–H groups in total. The fourth-order valence-electron chi connectivity index (χ4n) is 3.71. The molecule has 3 aromatic rings. The second kappa shape index (κ2) is 7.59. The highest BCUT2D eigenvalue weighted by Gasteiger charge is 2.45. The van der Waals surface area contributed by atoms with Crippen LogP contribution in [0.2, 0.25) is 5.02 Å². The van der Waals surface area contributed by atoms with E-state index in [9.17, 15) is 8.42 Å². The summed E-state index contributed by atoms with van der Waals surface area (Å²) in [7, 11) is -3.27. The Balaban J connectivity index is 1.79. The first-order chi connectivity index (χ1) is 13.4. The number of hydrogen-bond donors (Lipinski definition) is 1. The maximum Gasteiger partial charge on any atom is 0.208 e. The molecule has 0 atom stereocenters. The van der Waals surface area contributed by atoms with Crippen molar-refractivity contribution in [1.29, 1.82) is 0 Å². The van der Waals surface area contributed by atoms with Crippen molar-refractivity contribution in [3.63, 3.8) is 0 Å². The van der Waals surface area contributed by atoms with Gasteiger partial charge in [-0.05, 0) is 36.4 Å². The Labute approximate surface area is 173 Å². The standard InChI is InChI=1S/C19H21ClN4O2S2/c1-28(25,26)21-11-12-24-17(14-6-2-3-7-15(14)20)22-23-18(24)19(9-5-10-19)16-8-4-13-27-16/h2-4,6-8,13,21H,5,9-12H2,1H3. The van der Waals surface area contributed by atoms with Gasteiger partial charge in [-0.1, -0.05) is 36.2 Å². The number of aromatic nitrogens is 3. The van der Waals surface area contributed by atoms with Crippen molar-refractivity contribution in [2.24, 2.45) is 0 Å². The largest absolute Gasteiger partial charge is 0.309 e. The van der Waals surface area contributed by atoms with Crippen molar-refractivity contribution < 1.29 is 8.42 Å². The second-order valence-corrected chi connectivity index (χ2v) is 10.2. The van der Waals surface area contributed by atoms with E-state index in [1.54, 1.807) is 11.3 Å². The number of rotatable bonds is 7. The summed E-state index contributed by atoms with van der Waals surface area (Å²) in [6.07, 6.45) is 4.31. The molecule has 0 saturated heterocycles. The molecule has 28 heavy (non-hydrogen) atoms. The van der Waals surface area contributed by atoms with E-state index in [4.69, 9.17) is 11.6 Å². The lowest BCUT2D eigenvalue weighted by atomic mass is 9.67. The van der Waals surface area contributed by atoms with Crippen molar-refractivity contribution in [3.8, 4) is 11.4 Å². The van der Waals surface area contributed by atoms with Crippen LogP contribution >= 0.6 is 22.9 Å². The third kappa shape index (κ3) is 3.61. The zero-order valence-electron chi connectivity index (χ0n) is 15.4. The van der Waals surface area contributed by atoms with Crippen LogP contribution in [0, 0.1) is 0 Å². The van der Waals surface area contributed by atoms with Crippen LogP contribution < -0.4 is 4.72 Å². The SMILES string of the molecule is CS(=O)(=O)NCCn1c(-c2ccccc2Cl)nnc1C1(c2cccs2)CCC1. The Hall–Kier alpha value is -1.74. The Bertz CT molecular complexity index is 1070. The molecule has 0 bridgehead atoms. The highest BCUT2D eigenvalue weighted by atomic mass is 35.5. The first-order valence-electron chi connectivity index (χ1n) is 9.08. The minimum absolute atomic E-state index is 0.161. The maximum atomic E-state index is 11.5. The third-order valence-electron chi connectivity index (χ3n) is 5.19. The van der Waals surface area contributed by atoms with E-state index in [0.29, 0.717) is 17.4 Å². The zero-order chi connectivity index (χ0) is 19.8. The Morgan fingerprint density at radius 3 is 2.61 bits per heavy atom. The fraction of sp³-hybridized carbons (Fsp3) is 0.368. The highest BCUT2D eigenvalue weighted by molar-refractivity contribution is 7.88. The second-order valence-electron chi connectivity index (χ2n) is 7.06. The van der Waals surface area contributed by atoms with Gasteiger partial charge in [0.05, 0.1) is 16.7 Å². The number of nitrogens with zero attached hydrogens (tertiary/aromatic N) is 3. The van der Waals surface area contributed by atoms with Gasteiger partial charge in [-0.25, -0.2) is 13.1 Å². The van der Waals surface area contributed by atoms with E-state index < -0.39 is 10.0 Å².